The lowest BCUT2D eigenvalue weighted by atomic mass is 10.3. The summed E-state index contributed by atoms with van der Waals surface area (Å²) in [5, 5.41) is 2.46. The molecule has 0 aliphatic carbocycles. The molecule has 94 valence electrons. The predicted molar refractivity (Wildman–Crippen MR) is 58.3 cm³/mol. The highest BCUT2D eigenvalue weighted by atomic mass is 19.1. The molecule has 1 atom stereocenters. The van der Waals surface area contributed by atoms with Crippen LogP contribution in [0.1, 0.15) is 13.8 Å². The van der Waals surface area contributed by atoms with E-state index in [1.807, 2.05) is 0 Å². The molecule has 0 aliphatic heterocycles. The van der Waals surface area contributed by atoms with Crippen LogP contribution in [0.2, 0.25) is 0 Å². The third-order valence-electron chi connectivity index (χ3n) is 1.95. The summed E-state index contributed by atoms with van der Waals surface area (Å²) in [5.41, 5.74) is 5.19. The number of nitrogens with zero attached hydrogens (tertiary/aromatic N) is 1. The van der Waals surface area contributed by atoms with E-state index < -0.39 is 29.5 Å². The van der Waals surface area contributed by atoms with Gasteiger partial charge in [-0.2, -0.15) is 0 Å². The molecule has 3 N–H and O–H groups in total. The number of halogens is 2. The zero-order chi connectivity index (χ0) is 13.0. The largest absolute Gasteiger partial charge is 0.464 e. The highest BCUT2D eigenvalue weighted by Crippen LogP contribution is 2.17. The van der Waals surface area contributed by atoms with Gasteiger partial charge < -0.3 is 15.8 Å². The Labute approximate surface area is 97.0 Å². The van der Waals surface area contributed by atoms with Crippen molar-refractivity contribution >= 4 is 17.6 Å². The normalized spacial score (nSPS) is 12.0. The Morgan fingerprint density at radius 1 is 1.59 bits per heavy atom. The maximum Gasteiger partial charge on any atom is 0.328 e. The summed E-state index contributed by atoms with van der Waals surface area (Å²) in [4.78, 5) is 14.7. The fourth-order valence-electron chi connectivity index (χ4n) is 1.11. The third kappa shape index (κ3) is 3.27. The molecule has 17 heavy (non-hydrogen) atoms. The van der Waals surface area contributed by atoms with Gasteiger partial charge in [0.1, 0.15) is 6.04 Å². The van der Waals surface area contributed by atoms with Gasteiger partial charge in [0.15, 0.2) is 23.3 Å². The standard InChI is InChI=1S/C10H13F2N3O2/c1-3-17-10(16)5(2)14-9-7(12)4-6(11)8(13)15-9/h4-5H,3H2,1-2H3,(H3,13,14,15). The van der Waals surface area contributed by atoms with Crippen LogP contribution in [0.15, 0.2) is 6.07 Å². The van der Waals surface area contributed by atoms with Gasteiger partial charge in [-0.1, -0.05) is 0 Å². The smallest absolute Gasteiger partial charge is 0.328 e. The van der Waals surface area contributed by atoms with E-state index in [-0.39, 0.29) is 12.4 Å². The van der Waals surface area contributed by atoms with Gasteiger partial charge in [0.2, 0.25) is 0 Å². The highest BCUT2D eigenvalue weighted by molar-refractivity contribution is 5.78. The van der Waals surface area contributed by atoms with Gasteiger partial charge in [-0.3, -0.25) is 0 Å². The minimum absolute atomic E-state index is 0.215. The number of ether oxygens (including phenoxy) is 1. The van der Waals surface area contributed by atoms with Crippen molar-refractivity contribution in [3.63, 3.8) is 0 Å². The summed E-state index contributed by atoms with van der Waals surface area (Å²) in [6.45, 7) is 3.34. The molecule has 0 aliphatic rings. The van der Waals surface area contributed by atoms with Crippen molar-refractivity contribution in [2.75, 3.05) is 17.7 Å². The van der Waals surface area contributed by atoms with Gasteiger partial charge in [0.05, 0.1) is 6.61 Å². The maximum atomic E-state index is 13.3. The minimum atomic E-state index is -0.947. The monoisotopic (exact) mass is 245 g/mol. The van der Waals surface area contributed by atoms with Crippen LogP contribution < -0.4 is 11.1 Å². The second-order valence-electron chi connectivity index (χ2n) is 3.30. The van der Waals surface area contributed by atoms with Crippen LogP contribution in [0.25, 0.3) is 0 Å². The van der Waals surface area contributed by atoms with Crippen molar-refractivity contribution in [3.8, 4) is 0 Å². The number of anilines is 2. The number of rotatable bonds is 4. The molecule has 0 radical (unpaired) electrons. The van der Waals surface area contributed by atoms with Crippen LogP contribution in [-0.2, 0) is 9.53 Å². The summed E-state index contributed by atoms with van der Waals surface area (Å²) < 4.78 is 30.8. The van der Waals surface area contributed by atoms with Crippen molar-refractivity contribution in [1.82, 2.24) is 4.98 Å². The van der Waals surface area contributed by atoms with Crippen molar-refractivity contribution < 1.29 is 18.3 Å². The lowest BCUT2D eigenvalue weighted by Gasteiger charge is -2.13. The molecule has 0 aromatic carbocycles. The maximum absolute atomic E-state index is 13.3. The number of hydrogen-bond donors (Lipinski definition) is 2. The van der Waals surface area contributed by atoms with Gasteiger partial charge >= 0.3 is 5.97 Å². The topological polar surface area (TPSA) is 77.2 Å². The molecular weight excluding hydrogens is 232 g/mol. The summed E-state index contributed by atoms with van der Waals surface area (Å²) in [5.74, 6) is -3.16. The molecule has 0 amide bonds. The highest BCUT2D eigenvalue weighted by Gasteiger charge is 2.17. The van der Waals surface area contributed by atoms with Crippen LogP contribution >= 0.6 is 0 Å². The van der Waals surface area contributed by atoms with E-state index in [1.54, 1.807) is 6.92 Å². The van der Waals surface area contributed by atoms with Gasteiger partial charge in [-0.15, -0.1) is 0 Å². The van der Waals surface area contributed by atoms with E-state index in [0.29, 0.717) is 6.07 Å². The van der Waals surface area contributed by atoms with Crippen LogP contribution in [0.3, 0.4) is 0 Å². The first-order chi connectivity index (χ1) is 7.95. The predicted octanol–water partition coefficient (Wildman–Crippen LogP) is 1.31. The molecule has 7 heteroatoms. The first-order valence-electron chi connectivity index (χ1n) is 5.00. The summed E-state index contributed by atoms with van der Waals surface area (Å²) in [6.07, 6.45) is 0. The summed E-state index contributed by atoms with van der Waals surface area (Å²) in [7, 11) is 0. The average molecular weight is 245 g/mol. The number of aromatic nitrogens is 1. The van der Waals surface area contributed by atoms with E-state index in [2.05, 4.69) is 10.3 Å². The van der Waals surface area contributed by atoms with Gasteiger partial charge in [0.25, 0.3) is 0 Å². The van der Waals surface area contributed by atoms with E-state index in [0.717, 1.165) is 0 Å². The Kier molecular flexibility index (Phi) is 4.19. The number of esters is 1. The number of nitrogen functional groups attached to an aromatic ring is 1. The number of nitrogens with one attached hydrogen (secondary N) is 1. The zero-order valence-corrected chi connectivity index (χ0v) is 9.46. The van der Waals surface area contributed by atoms with E-state index in [9.17, 15) is 13.6 Å². The lowest BCUT2D eigenvalue weighted by molar-refractivity contribution is -0.143. The van der Waals surface area contributed by atoms with Crippen molar-refractivity contribution in [2.24, 2.45) is 0 Å². The first-order valence-corrected chi connectivity index (χ1v) is 5.00. The van der Waals surface area contributed by atoms with Crippen LogP contribution in [0.5, 0.6) is 0 Å². The molecule has 0 bridgehead atoms. The number of carbonyl (C=O) groups excluding carboxylic acids is 1. The molecule has 1 heterocycles. The molecule has 0 spiro atoms. The third-order valence-corrected chi connectivity index (χ3v) is 1.95. The van der Waals surface area contributed by atoms with Crippen LogP contribution in [0.4, 0.5) is 20.4 Å². The molecule has 0 saturated carbocycles. The Bertz CT molecular complexity index is 426. The molecule has 1 rings (SSSR count). The molecular formula is C10H13F2N3O2. The van der Waals surface area contributed by atoms with E-state index in [4.69, 9.17) is 10.5 Å². The minimum Gasteiger partial charge on any atom is -0.464 e. The fourth-order valence-corrected chi connectivity index (χ4v) is 1.11. The molecule has 1 unspecified atom stereocenters. The quantitative estimate of drug-likeness (QED) is 0.782. The number of pyridine rings is 1. The van der Waals surface area contributed by atoms with Crippen LogP contribution in [-0.4, -0.2) is 23.6 Å². The van der Waals surface area contributed by atoms with Crippen molar-refractivity contribution in [3.05, 3.63) is 17.7 Å². The average Bonchev–Trinajstić information content (AvgIpc) is 2.26. The Hall–Kier alpha value is -1.92. The molecule has 1 aromatic heterocycles. The second-order valence-corrected chi connectivity index (χ2v) is 3.30. The van der Waals surface area contributed by atoms with E-state index >= 15 is 0 Å². The number of nitrogens with two attached hydrogens (primary N) is 1. The Morgan fingerprint density at radius 2 is 2.24 bits per heavy atom. The number of carbonyl (C=O) groups is 1. The number of hydrogen-bond acceptors (Lipinski definition) is 5. The van der Waals surface area contributed by atoms with Crippen molar-refractivity contribution in [2.45, 2.75) is 19.9 Å². The molecule has 5 nitrogen and oxygen atoms in total. The van der Waals surface area contributed by atoms with Gasteiger partial charge in [-0.05, 0) is 13.8 Å². The van der Waals surface area contributed by atoms with Crippen LogP contribution in [0, 0.1) is 11.6 Å². The molecule has 0 fully saturated rings. The lowest BCUT2D eigenvalue weighted by Crippen LogP contribution is -2.29. The zero-order valence-electron chi connectivity index (χ0n) is 9.46. The first kappa shape index (κ1) is 13.1. The van der Waals surface area contributed by atoms with Gasteiger partial charge in [-0.25, -0.2) is 18.6 Å². The van der Waals surface area contributed by atoms with Gasteiger partial charge in [0, 0.05) is 6.07 Å². The summed E-state index contributed by atoms with van der Waals surface area (Å²) >= 11 is 0. The SMILES string of the molecule is CCOC(=O)C(C)Nc1nc(N)c(F)cc1F. The Balaban J connectivity index is 2.81. The summed E-state index contributed by atoms with van der Waals surface area (Å²) in [6, 6.07) is -0.204. The van der Waals surface area contributed by atoms with E-state index in [1.165, 1.54) is 6.92 Å². The second kappa shape index (κ2) is 5.42. The fraction of sp³-hybridized carbons (Fsp3) is 0.400. The molecule has 1 aromatic rings. The Morgan fingerprint density at radius 3 is 2.82 bits per heavy atom. The molecule has 0 saturated heterocycles. The van der Waals surface area contributed by atoms with Crippen molar-refractivity contribution in [1.29, 1.82) is 0 Å².